The molecule has 28 heavy (non-hydrogen) atoms. The van der Waals surface area contributed by atoms with Crippen molar-refractivity contribution >= 4 is 10.0 Å². The van der Waals surface area contributed by atoms with Gasteiger partial charge < -0.3 is 4.74 Å². The summed E-state index contributed by atoms with van der Waals surface area (Å²) in [6.07, 6.45) is -0.638. The smallest absolute Gasteiger partial charge is 0.243 e. The number of rotatable bonds is 4. The fraction of sp³-hybridized carbons (Fsp3) is 0.217. The molecule has 3 aromatic carbocycles. The molecule has 4 nitrogen and oxygen atoms in total. The molecule has 1 saturated heterocycles. The van der Waals surface area contributed by atoms with Gasteiger partial charge >= 0.3 is 0 Å². The van der Waals surface area contributed by atoms with E-state index in [0.717, 1.165) is 16.7 Å². The average Bonchev–Trinajstić information content (AvgIpc) is 2.75. The molecule has 4 rings (SSSR count). The van der Waals surface area contributed by atoms with Gasteiger partial charge in [0, 0.05) is 13.1 Å². The first-order valence-corrected chi connectivity index (χ1v) is 10.8. The molecule has 0 aliphatic carbocycles. The van der Waals surface area contributed by atoms with Gasteiger partial charge in [-0.3, -0.25) is 0 Å². The summed E-state index contributed by atoms with van der Waals surface area (Å²) < 4.78 is 34.5. The molecule has 0 aromatic heterocycles. The maximum Gasteiger partial charge on any atom is 0.243 e. The molecule has 0 amide bonds. The molecule has 0 spiro atoms. The van der Waals surface area contributed by atoms with E-state index in [1.165, 1.54) is 0 Å². The van der Waals surface area contributed by atoms with E-state index in [1.807, 2.05) is 79.7 Å². The zero-order valence-corrected chi connectivity index (χ0v) is 16.5. The molecule has 0 radical (unpaired) electrons. The van der Waals surface area contributed by atoms with E-state index in [1.54, 1.807) is 16.4 Å². The monoisotopic (exact) mass is 393 g/mol. The fourth-order valence-electron chi connectivity index (χ4n) is 3.49. The van der Waals surface area contributed by atoms with Gasteiger partial charge in [-0.05, 0) is 30.2 Å². The fourth-order valence-corrected chi connectivity index (χ4v) is 4.93. The van der Waals surface area contributed by atoms with Gasteiger partial charge in [0.15, 0.2) is 0 Å². The minimum absolute atomic E-state index is 0.295. The van der Waals surface area contributed by atoms with Crippen LogP contribution < -0.4 is 0 Å². The Balaban J connectivity index is 1.70. The quantitative estimate of drug-likeness (QED) is 0.656. The molecule has 2 atom stereocenters. The normalized spacial score (nSPS) is 20.8. The minimum atomic E-state index is -3.61. The van der Waals surface area contributed by atoms with Gasteiger partial charge in [-0.1, -0.05) is 78.4 Å². The second-order valence-electron chi connectivity index (χ2n) is 7.07. The molecule has 0 N–H and O–H groups in total. The Bertz CT molecular complexity index is 971. The van der Waals surface area contributed by atoms with Crippen molar-refractivity contribution < 1.29 is 13.2 Å². The zero-order chi connectivity index (χ0) is 19.6. The highest BCUT2D eigenvalue weighted by atomic mass is 32.2. The maximum atomic E-state index is 13.3. The maximum absolute atomic E-state index is 13.3. The third-order valence-electron chi connectivity index (χ3n) is 5.07. The highest BCUT2D eigenvalue weighted by Crippen LogP contribution is 2.35. The van der Waals surface area contributed by atoms with Crippen LogP contribution in [0.15, 0.2) is 89.8 Å². The van der Waals surface area contributed by atoms with Crippen LogP contribution in [0, 0.1) is 6.92 Å². The Morgan fingerprint density at radius 2 is 1.21 bits per heavy atom. The summed E-state index contributed by atoms with van der Waals surface area (Å²) >= 11 is 0. The van der Waals surface area contributed by atoms with E-state index in [2.05, 4.69) is 0 Å². The predicted octanol–water partition coefficient (Wildman–Crippen LogP) is 4.50. The second kappa shape index (κ2) is 7.87. The number of ether oxygens (including phenoxy) is 1. The minimum Gasteiger partial charge on any atom is -0.363 e. The van der Waals surface area contributed by atoms with E-state index in [4.69, 9.17) is 4.74 Å². The first kappa shape index (κ1) is 18.9. The number of sulfonamides is 1. The number of nitrogens with zero attached hydrogens (tertiary/aromatic N) is 1. The first-order valence-electron chi connectivity index (χ1n) is 9.36. The summed E-state index contributed by atoms with van der Waals surface area (Å²) in [7, 11) is -3.61. The summed E-state index contributed by atoms with van der Waals surface area (Å²) in [5, 5.41) is 0. The van der Waals surface area contributed by atoms with Gasteiger partial charge in [0.1, 0.15) is 0 Å². The van der Waals surface area contributed by atoms with Crippen LogP contribution in [0.5, 0.6) is 0 Å². The second-order valence-corrected chi connectivity index (χ2v) is 9.01. The third kappa shape index (κ3) is 3.87. The van der Waals surface area contributed by atoms with Crippen molar-refractivity contribution in [2.24, 2.45) is 0 Å². The molecular formula is C23H23NO3S. The van der Waals surface area contributed by atoms with Crippen molar-refractivity contribution in [2.75, 3.05) is 13.1 Å². The average molecular weight is 394 g/mol. The number of aryl methyl sites for hydroxylation is 1. The van der Waals surface area contributed by atoms with Gasteiger partial charge in [-0.2, -0.15) is 4.31 Å². The van der Waals surface area contributed by atoms with Crippen LogP contribution in [0.2, 0.25) is 0 Å². The van der Waals surface area contributed by atoms with Gasteiger partial charge in [0.2, 0.25) is 10.0 Å². The molecule has 144 valence electrons. The van der Waals surface area contributed by atoms with Crippen LogP contribution in [0.4, 0.5) is 0 Å². The number of benzene rings is 3. The number of hydrogen-bond acceptors (Lipinski definition) is 3. The Labute approximate surface area is 166 Å². The van der Waals surface area contributed by atoms with Gasteiger partial charge in [0.05, 0.1) is 17.1 Å². The van der Waals surface area contributed by atoms with E-state index < -0.39 is 10.0 Å². The summed E-state index contributed by atoms with van der Waals surface area (Å²) in [5.41, 5.74) is 2.99. The number of hydrogen-bond donors (Lipinski definition) is 0. The lowest BCUT2D eigenvalue weighted by Gasteiger charge is -2.37. The Hall–Kier alpha value is -2.47. The van der Waals surface area contributed by atoms with Crippen LogP contribution in [0.25, 0.3) is 0 Å². The van der Waals surface area contributed by atoms with E-state index in [9.17, 15) is 8.42 Å². The Morgan fingerprint density at radius 3 is 1.68 bits per heavy atom. The molecular weight excluding hydrogens is 370 g/mol. The van der Waals surface area contributed by atoms with Gasteiger partial charge in [-0.15, -0.1) is 0 Å². The highest BCUT2D eigenvalue weighted by molar-refractivity contribution is 7.89. The summed E-state index contributed by atoms with van der Waals surface area (Å²) in [4.78, 5) is 0.318. The van der Waals surface area contributed by atoms with Crippen molar-refractivity contribution in [3.05, 3.63) is 102 Å². The molecule has 0 saturated carbocycles. The van der Waals surface area contributed by atoms with Crippen molar-refractivity contribution in [1.29, 1.82) is 0 Å². The standard InChI is InChI=1S/C23H23NO3S/c1-18-12-14-21(15-13-18)28(25,26)24-16-22(19-8-4-2-5-9-19)27-23(17-24)20-10-6-3-7-11-20/h2-15,22-23H,16-17H2,1H3/t22-,23+. The molecule has 5 heteroatoms. The highest BCUT2D eigenvalue weighted by Gasteiger charge is 2.36. The summed E-state index contributed by atoms with van der Waals surface area (Å²) in [5.74, 6) is 0. The number of morpholine rings is 1. The molecule has 1 aliphatic rings. The predicted molar refractivity (Wildman–Crippen MR) is 109 cm³/mol. The topological polar surface area (TPSA) is 46.6 Å². The van der Waals surface area contributed by atoms with Crippen LogP contribution >= 0.6 is 0 Å². The van der Waals surface area contributed by atoms with E-state index in [-0.39, 0.29) is 12.2 Å². The van der Waals surface area contributed by atoms with Gasteiger partial charge in [-0.25, -0.2) is 8.42 Å². The molecule has 0 bridgehead atoms. The molecule has 0 unspecified atom stereocenters. The van der Waals surface area contributed by atoms with Crippen LogP contribution in [-0.4, -0.2) is 25.8 Å². The largest absolute Gasteiger partial charge is 0.363 e. The van der Waals surface area contributed by atoms with Crippen LogP contribution in [0.1, 0.15) is 28.9 Å². The van der Waals surface area contributed by atoms with Crippen molar-refractivity contribution in [3.63, 3.8) is 0 Å². The summed E-state index contributed by atoms with van der Waals surface area (Å²) in [6, 6.07) is 26.6. The molecule has 1 fully saturated rings. The lowest BCUT2D eigenvalue weighted by molar-refractivity contribution is -0.0671. The first-order chi connectivity index (χ1) is 13.5. The molecule has 3 aromatic rings. The van der Waals surface area contributed by atoms with Crippen molar-refractivity contribution in [3.8, 4) is 0 Å². The zero-order valence-electron chi connectivity index (χ0n) is 15.7. The van der Waals surface area contributed by atoms with E-state index in [0.29, 0.717) is 18.0 Å². The Kier molecular flexibility index (Phi) is 5.31. The summed E-state index contributed by atoms with van der Waals surface area (Å²) in [6.45, 7) is 2.54. The SMILES string of the molecule is Cc1ccc(S(=O)(=O)N2C[C@@H](c3ccccc3)O[C@@H](c3ccccc3)C2)cc1. The van der Waals surface area contributed by atoms with Crippen LogP contribution in [-0.2, 0) is 14.8 Å². The lowest BCUT2D eigenvalue weighted by atomic mass is 10.0. The van der Waals surface area contributed by atoms with Crippen LogP contribution in [0.3, 0.4) is 0 Å². The lowest BCUT2D eigenvalue weighted by Crippen LogP contribution is -2.43. The molecule has 1 aliphatic heterocycles. The van der Waals surface area contributed by atoms with Gasteiger partial charge in [0.25, 0.3) is 0 Å². The molecule has 1 heterocycles. The van der Waals surface area contributed by atoms with Crippen molar-refractivity contribution in [2.45, 2.75) is 24.0 Å². The van der Waals surface area contributed by atoms with Crippen molar-refractivity contribution in [1.82, 2.24) is 4.31 Å². The Morgan fingerprint density at radius 1 is 0.750 bits per heavy atom. The third-order valence-corrected chi connectivity index (χ3v) is 6.91. The van der Waals surface area contributed by atoms with E-state index >= 15 is 0 Å².